The second-order valence-electron chi connectivity index (χ2n) is 7.98. The Labute approximate surface area is 198 Å². The second-order valence-corrected chi connectivity index (χ2v) is 10.1. The van der Waals surface area contributed by atoms with Gasteiger partial charge in [-0.15, -0.1) is 23.1 Å². The Morgan fingerprint density at radius 2 is 1.94 bits per heavy atom. The third-order valence-electron chi connectivity index (χ3n) is 5.68. The van der Waals surface area contributed by atoms with Crippen molar-refractivity contribution in [3.8, 4) is 5.75 Å². The SMILES string of the molecule is COc1ccccc1CN1CCC(NC(=O)c2ccccc2SCc2csc(C)n2)CC1. The lowest BCUT2D eigenvalue weighted by Crippen LogP contribution is -2.44. The molecule has 0 spiro atoms. The number of methoxy groups -OCH3 is 1. The van der Waals surface area contributed by atoms with E-state index in [1.165, 1.54) is 5.56 Å². The molecule has 1 aliphatic heterocycles. The average molecular weight is 468 g/mol. The summed E-state index contributed by atoms with van der Waals surface area (Å²) in [6.45, 7) is 4.81. The minimum absolute atomic E-state index is 0.0192. The molecule has 0 bridgehead atoms. The fraction of sp³-hybridized carbons (Fsp3) is 0.360. The fourth-order valence-corrected chi connectivity index (χ4v) is 5.64. The summed E-state index contributed by atoms with van der Waals surface area (Å²) in [4.78, 5) is 21.0. The number of benzene rings is 2. The number of thioether (sulfide) groups is 1. The molecule has 1 aliphatic rings. The van der Waals surface area contributed by atoms with Crippen molar-refractivity contribution in [1.82, 2.24) is 15.2 Å². The maximum absolute atomic E-state index is 13.0. The Morgan fingerprint density at radius 1 is 1.19 bits per heavy atom. The number of aryl methyl sites for hydroxylation is 1. The minimum atomic E-state index is 0.0192. The van der Waals surface area contributed by atoms with Gasteiger partial charge in [-0.25, -0.2) is 4.98 Å². The number of thiazole rings is 1. The van der Waals surface area contributed by atoms with E-state index < -0.39 is 0 Å². The van der Waals surface area contributed by atoms with Gasteiger partial charge in [0.2, 0.25) is 0 Å². The largest absolute Gasteiger partial charge is 0.496 e. The zero-order valence-electron chi connectivity index (χ0n) is 18.5. The van der Waals surface area contributed by atoms with Gasteiger partial charge in [0.15, 0.2) is 0 Å². The molecule has 32 heavy (non-hydrogen) atoms. The van der Waals surface area contributed by atoms with Crippen LogP contribution in [-0.4, -0.2) is 42.0 Å². The Bertz CT molecular complexity index is 1040. The topological polar surface area (TPSA) is 54.5 Å². The van der Waals surface area contributed by atoms with Gasteiger partial charge in [0.1, 0.15) is 5.75 Å². The van der Waals surface area contributed by atoms with E-state index in [-0.39, 0.29) is 11.9 Å². The zero-order chi connectivity index (χ0) is 22.3. The maximum atomic E-state index is 13.0. The first-order valence-electron chi connectivity index (χ1n) is 10.9. The Kier molecular flexibility index (Phi) is 7.84. The number of carbonyl (C=O) groups excluding carboxylic acids is 1. The van der Waals surface area contributed by atoms with Crippen molar-refractivity contribution in [1.29, 1.82) is 0 Å². The van der Waals surface area contributed by atoms with Crippen LogP contribution in [0.1, 0.15) is 39.5 Å². The molecular formula is C25H29N3O2S2. The number of para-hydroxylation sites is 1. The van der Waals surface area contributed by atoms with Gasteiger partial charge in [-0.05, 0) is 38.0 Å². The maximum Gasteiger partial charge on any atom is 0.252 e. The summed E-state index contributed by atoms with van der Waals surface area (Å²) in [7, 11) is 1.72. The molecule has 7 heteroatoms. The van der Waals surface area contributed by atoms with Crippen LogP contribution in [0, 0.1) is 6.92 Å². The number of amides is 1. The van der Waals surface area contributed by atoms with Crippen molar-refractivity contribution >= 4 is 29.0 Å². The van der Waals surface area contributed by atoms with E-state index in [1.54, 1.807) is 30.2 Å². The number of piperidine rings is 1. The molecule has 0 atom stereocenters. The standard InChI is InChI=1S/C25H29N3O2S2/c1-18-26-21(16-31-18)17-32-24-10-6-4-8-22(24)25(29)27-20-11-13-28(14-12-20)15-19-7-3-5-9-23(19)30-2/h3-10,16,20H,11-15,17H2,1-2H3,(H,27,29). The van der Waals surface area contributed by atoms with Gasteiger partial charge in [0.25, 0.3) is 5.91 Å². The predicted molar refractivity (Wildman–Crippen MR) is 132 cm³/mol. The summed E-state index contributed by atoms with van der Waals surface area (Å²) in [5.74, 6) is 1.73. The molecule has 2 heterocycles. The Hall–Kier alpha value is -2.35. The molecule has 2 aromatic carbocycles. The third-order valence-corrected chi connectivity index (χ3v) is 7.61. The molecule has 1 saturated heterocycles. The molecule has 0 unspecified atom stereocenters. The Balaban J connectivity index is 1.30. The van der Waals surface area contributed by atoms with E-state index in [4.69, 9.17) is 4.74 Å². The summed E-state index contributed by atoms with van der Waals surface area (Å²) in [6, 6.07) is 16.2. The molecule has 1 amide bonds. The van der Waals surface area contributed by atoms with Crippen molar-refractivity contribution in [2.45, 2.75) is 43.0 Å². The first-order chi connectivity index (χ1) is 15.6. The zero-order valence-corrected chi connectivity index (χ0v) is 20.2. The second kappa shape index (κ2) is 11.0. The molecule has 5 nitrogen and oxygen atoms in total. The van der Waals surface area contributed by atoms with Crippen LogP contribution < -0.4 is 10.1 Å². The lowest BCUT2D eigenvalue weighted by atomic mass is 10.0. The quantitative estimate of drug-likeness (QED) is 0.465. The summed E-state index contributed by atoms with van der Waals surface area (Å²) >= 11 is 3.33. The van der Waals surface area contributed by atoms with E-state index >= 15 is 0 Å². The normalized spacial score (nSPS) is 14.9. The van der Waals surface area contributed by atoms with Gasteiger partial charge in [-0.3, -0.25) is 9.69 Å². The van der Waals surface area contributed by atoms with Crippen molar-refractivity contribution < 1.29 is 9.53 Å². The van der Waals surface area contributed by atoms with Crippen LogP contribution in [-0.2, 0) is 12.3 Å². The highest BCUT2D eigenvalue weighted by atomic mass is 32.2. The van der Waals surface area contributed by atoms with Crippen molar-refractivity contribution in [2.24, 2.45) is 0 Å². The van der Waals surface area contributed by atoms with Gasteiger partial charge in [0, 0.05) is 47.3 Å². The van der Waals surface area contributed by atoms with Crippen LogP contribution in [0.4, 0.5) is 0 Å². The fourth-order valence-electron chi connectivity index (χ4n) is 3.98. The number of rotatable bonds is 8. The van der Waals surface area contributed by atoms with Crippen LogP contribution in [0.15, 0.2) is 58.8 Å². The molecule has 3 aromatic rings. The van der Waals surface area contributed by atoms with Gasteiger partial charge >= 0.3 is 0 Å². The predicted octanol–water partition coefficient (Wildman–Crippen LogP) is 5.15. The van der Waals surface area contributed by atoms with Crippen molar-refractivity contribution in [3.63, 3.8) is 0 Å². The Morgan fingerprint density at radius 3 is 2.69 bits per heavy atom. The van der Waals surface area contributed by atoms with Crippen molar-refractivity contribution in [2.75, 3.05) is 20.2 Å². The number of likely N-dealkylation sites (tertiary alicyclic amines) is 1. The smallest absolute Gasteiger partial charge is 0.252 e. The minimum Gasteiger partial charge on any atom is -0.496 e. The molecular weight excluding hydrogens is 438 g/mol. The van der Waals surface area contributed by atoms with Crippen LogP contribution in [0.3, 0.4) is 0 Å². The molecule has 0 radical (unpaired) electrons. The van der Waals surface area contributed by atoms with E-state index in [0.717, 1.165) is 65.1 Å². The molecule has 1 fully saturated rings. The van der Waals surface area contributed by atoms with E-state index in [2.05, 4.69) is 32.7 Å². The number of ether oxygens (including phenoxy) is 1. The van der Waals surface area contributed by atoms with E-state index in [1.807, 2.05) is 43.3 Å². The molecule has 0 saturated carbocycles. The van der Waals surface area contributed by atoms with Crippen LogP contribution in [0.25, 0.3) is 0 Å². The van der Waals surface area contributed by atoms with Gasteiger partial charge in [-0.1, -0.05) is 30.3 Å². The number of nitrogens with one attached hydrogen (secondary N) is 1. The molecule has 0 aliphatic carbocycles. The average Bonchev–Trinajstić information content (AvgIpc) is 3.24. The molecule has 168 valence electrons. The van der Waals surface area contributed by atoms with Gasteiger partial charge in [-0.2, -0.15) is 0 Å². The lowest BCUT2D eigenvalue weighted by Gasteiger charge is -2.32. The number of aromatic nitrogens is 1. The first-order valence-corrected chi connectivity index (χ1v) is 12.8. The molecule has 1 aromatic heterocycles. The third kappa shape index (κ3) is 5.91. The molecule has 4 rings (SSSR count). The number of nitrogens with zero attached hydrogens (tertiary/aromatic N) is 2. The van der Waals surface area contributed by atoms with Gasteiger partial charge < -0.3 is 10.1 Å². The lowest BCUT2D eigenvalue weighted by molar-refractivity contribution is 0.0906. The number of carbonyl (C=O) groups is 1. The first kappa shape index (κ1) is 22.8. The number of hydrogen-bond acceptors (Lipinski definition) is 6. The van der Waals surface area contributed by atoms with E-state index in [9.17, 15) is 4.79 Å². The summed E-state index contributed by atoms with van der Waals surface area (Å²) in [5, 5.41) is 6.43. The van der Waals surface area contributed by atoms with Crippen molar-refractivity contribution in [3.05, 3.63) is 75.7 Å². The highest BCUT2D eigenvalue weighted by Crippen LogP contribution is 2.27. The van der Waals surface area contributed by atoms with Crippen LogP contribution in [0.2, 0.25) is 0 Å². The van der Waals surface area contributed by atoms with Gasteiger partial charge in [0.05, 0.1) is 23.4 Å². The van der Waals surface area contributed by atoms with Crippen LogP contribution in [0.5, 0.6) is 5.75 Å². The van der Waals surface area contributed by atoms with Crippen LogP contribution >= 0.6 is 23.1 Å². The number of hydrogen-bond donors (Lipinski definition) is 1. The highest BCUT2D eigenvalue weighted by Gasteiger charge is 2.23. The molecule has 1 N–H and O–H groups in total. The summed E-state index contributed by atoms with van der Waals surface area (Å²) in [5.41, 5.74) is 3.02. The monoisotopic (exact) mass is 467 g/mol. The summed E-state index contributed by atoms with van der Waals surface area (Å²) < 4.78 is 5.48. The summed E-state index contributed by atoms with van der Waals surface area (Å²) in [6.07, 6.45) is 1.91. The van der Waals surface area contributed by atoms with E-state index in [0.29, 0.717) is 0 Å². The highest BCUT2D eigenvalue weighted by molar-refractivity contribution is 7.98.